The van der Waals surface area contributed by atoms with Gasteiger partial charge in [-0.2, -0.15) is 5.10 Å². The van der Waals surface area contributed by atoms with Crippen LogP contribution in [0.1, 0.15) is 21.5 Å². The first-order valence-corrected chi connectivity index (χ1v) is 10.4. The predicted molar refractivity (Wildman–Crippen MR) is 110 cm³/mol. The lowest BCUT2D eigenvalue weighted by molar-refractivity contribution is 0.0524. The van der Waals surface area contributed by atoms with Crippen LogP contribution < -0.4 is 0 Å². The topological polar surface area (TPSA) is 61.6 Å². The van der Waals surface area contributed by atoms with Crippen molar-refractivity contribution in [3.8, 4) is 11.3 Å². The average molecular weight is 415 g/mol. The number of hydrogen-bond donors (Lipinski definition) is 1. The number of aliphatic hydroxyl groups is 1. The van der Waals surface area contributed by atoms with Crippen molar-refractivity contribution < 1.29 is 14.3 Å². The monoisotopic (exact) mass is 414 g/mol. The number of carbonyl (C=O) groups is 1. The number of β-amino-alcohol motifs (C(OH)–C–C–N with tert-alkyl or cyclic N) is 1. The van der Waals surface area contributed by atoms with Crippen LogP contribution in [-0.2, 0) is 7.05 Å². The van der Waals surface area contributed by atoms with Gasteiger partial charge in [-0.25, -0.2) is 4.39 Å². The Morgan fingerprint density at radius 1 is 1.21 bits per heavy atom. The summed E-state index contributed by atoms with van der Waals surface area (Å²) in [5, 5.41) is 16.7. The van der Waals surface area contributed by atoms with Gasteiger partial charge in [-0.3, -0.25) is 14.4 Å². The molecule has 1 aliphatic heterocycles. The summed E-state index contributed by atoms with van der Waals surface area (Å²) in [5.41, 5.74) is 1.93. The quantitative estimate of drug-likeness (QED) is 0.698. The van der Waals surface area contributed by atoms with Gasteiger partial charge in [0.2, 0.25) is 0 Å². The molecule has 1 fully saturated rings. The van der Waals surface area contributed by atoms with E-state index in [2.05, 4.69) is 10.00 Å². The lowest BCUT2D eigenvalue weighted by Gasteiger charge is -2.35. The highest BCUT2D eigenvalue weighted by atomic mass is 32.1. The van der Waals surface area contributed by atoms with E-state index in [0.29, 0.717) is 31.0 Å². The maximum atomic E-state index is 13.1. The first-order chi connectivity index (χ1) is 14.0. The van der Waals surface area contributed by atoms with Crippen molar-refractivity contribution in [2.45, 2.75) is 6.10 Å². The van der Waals surface area contributed by atoms with E-state index in [9.17, 15) is 14.3 Å². The molecule has 1 amide bonds. The van der Waals surface area contributed by atoms with Crippen LogP contribution in [-0.4, -0.2) is 63.3 Å². The van der Waals surface area contributed by atoms with Gasteiger partial charge in [0.15, 0.2) is 0 Å². The smallest absolute Gasteiger partial charge is 0.272 e. The maximum absolute atomic E-state index is 13.1. The van der Waals surface area contributed by atoms with Gasteiger partial charge in [0.25, 0.3) is 5.91 Å². The minimum Gasteiger partial charge on any atom is -0.386 e. The van der Waals surface area contributed by atoms with Gasteiger partial charge in [0.1, 0.15) is 17.6 Å². The van der Waals surface area contributed by atoms with Crippen LogP contribution in [0.25, 0.3) is 11.3 Å². The number of hydrogen-bond acceptors (Lipinski definition) is 5. The number of thiophene rings is 1. The Morgan fingerprint density at radius 3 is 2.59 bits per heavy atom. The molecule has 2 aromatic heterocycles. The molecule has 29 heavy (non-hydrogen) atoms. The number of halogens is 1. The number of aromatic nitrogens is 2. The van der Waals surface area contributed by atoms with E-state index in [1.807, 2.05) is 22.4 Å². The molecule has 3 heterocycles. The molecule has 6 nitrogen and oxygen atoms in total. The Hall–Kier alpha value is -2.55. The predicted octanol–water partition coefficient (Wildman–Crippen LogP) is 2.78. The summed E-state index contributed by atoms with van der Waals surface area (Å²) < 4.78 is 14.7. The van der Waals surface area contributed by atoms with Gasteiger partial charge >= 0.3 is 0 Å². The van der Waals surface area contributed by atoms with Crippen LogP contribution >= 0.6 is 11.3 Å². The molecule has 0 bridgehead atoms. The molecule has 0 aliphatic carbocycles. The van der Waals surface area contributed by atoms with E-state index < -0.39 is 6.10 Å². The molecule has 3 aromatic rings. The van der Waals surface area contributed by atoms with E-state index in [1.165, 1.54) is 12.1 Å². The highest BCUT2D eigenvalue weighted by Gasteiger charge is 2.26. The summed E-state index contributed by atoms with van der Waals surface area (Å²) in [6.45, 7) is 3.22. The number of aliphatic hydroxyl groups excluding tert-OH is 1. The fourth-order valence-electron chi connectivity index (χ4n) is 3.54. The van der Waals surface area contributed by atoms with Gasteiger partial charge in [0, 0.05) is 50.2 Å². The van der Waals surface area contributed by atoms with Crippen molar-refractivity contribution >= 4 is 17.2 Å². The van der Waals surface area contributed by atoms with Crippen LogP contribution in [0.5, 0.6) is 0 Å². The molecular formula is C21H23FN4O2S. The highest BCUT2D eigenvalue weighted by Crippen LogP contribution is 2.22. The third-order valence-electron chi connectivity index (χ3n) is 5.20. The molecule has 0 saturated carbocycles. The third kappa shape index (κ3) is 4.39. The summed E-state index contributed by atoms with van der Waals surface area (Å²) in [6.07, 6.45) is -0.493. The number of carbonyl (C=O) groups excluding carboxylic acids is 1. The largest absolute Gasteiger partial charge is 0.386 e. The molecule has 1 saturated heterocycles. The molecule has 0 radical (unpaired) electrons. The Morgan fingerprint density at radius 2 is 1.93 bits per heavy atom. The molecule has 1 aliphatic rings. The summed E-state index contributed by atoms with van der Waals surface area (Å²) in [4.78, 5) is 17.9. The molecule has 4 rings (SSSR count). The lowest BCUT2D eigenvalue weighted by Crippen LogP contribution is -2.49. The zero-order valence-corrected chi connectivity index (χ0v) is 17.0. The van der Waals surface area contributed by atoms with E-state index in [0.717, 1.165) is 23.5 Å². The molecule has 152 valence electrons. The average Bonchev–Trinajstić information content (AvgIpc) is 3.39. The lowest BCUT2D eigenvalue weighted by atomic mass is 10.1. The second-order valence-electron chi connectivity index (χ2n) is 7.17. The first-order valence-electron chi connectivity index (χ1n) is 9.54. The van der Waals surface area contributed by atoms with Crippen LogP contribution in [0.4, 0.5) is 4.39 Å². The summed E-state index contributed by atoms with van der Waals surface area (Å²) in [6, 6.07) is 11.7. The molecule has 1 N–H and O–H groups in total. The minimum atomic E-state index is -0.493. The Balaban J connectivity index is 1.38. The third-order valence-corrected chi connectivity index (χ3v) is 6.17. The molecule has 1 atom stereocenters. The SMILES string of the molecule is Cn1nc(-c2ccc(F)cc2)cc1C(=O)N1CCN(CC(O)c2cccs2)CC1. The maximum Gasteiger partial charge on any atom is 0.272 e. The fourth-order valence-corrected chi connectivity index (χ4v) is 4.24. The fraction of sp³-hybridized carbons (Fsp3) is 0.333. The Bertz CT molecular complexity index is 963. The molecule has 8 heteroatoms. The van der Waals surface area contributed by atoms with Crippen LogP contribution in [0, 0.1) is 5.82 Å². The van der Waals surface area contributed by atoms with Crippen LogP contribution in [0.2, 0.25) is 0 Å². The van der Waals surface area contributed by atoms with Gasteiger partial charge in [-0.15, -0.1) is 11.3 Å². The van der Waals surface area contributed by atoms with E-state index in [1.54, 1.807) is 41.3 Å². The molecular weight excluding hydrogens is 391 g/mol. The number of aryl methyl sites for hydroxylation is 1. The zero-order valence-electron chi connectivity index (χ0n) is 16.2. The summed E-state index contributed by atoms with van der Waals surface area (Å²) in [7, 11) is 1.74. The minimum absolute atomic E-state index is 0.0631. The molecule has 1 aromatic carbocycles. The second kappa shape index (κ2) is 8.44. The number of amides is 1. The standard InChI is InChI=1S/C21H23FN4O2S/c1-24-18(13-17(23-24)15-4-6-16(22)7-5-15)21(28)26-10-8-25(9-11-26)14-19(27)20-3-2-12-29-20/h2-7,12-13,19,27H,8-11,14H2,1H3. The summed E-state index contributed by atoms with van der Waals surface area (Å²) >= 11 is 1.55. The second-order valence-corrected chi connectivity index (χ2v) is 8.15. The van der Waals surface area contributed by atoms with Crippen molar-refractivity contribution in [2.24, 2.45) is 7.05 Å². The number of piperazine rings is 1. The van der Waals surface area contributed by atoms with Crippen molar-refractivity contribution in [1.82, 2.24) is 19.6 Å². The summed E-state index contributed by atoms with van der Waals surface area (Å²) in [5.74, 6) is -0.366. The zero-order chi connectivity index (χ0) is 20.4. The number of benzene rings is 1. The van der Waals surface area contributed by atoms with E-state index in [-0.39, 0.29) is 11.7 Å². The Labute approximate surface area is 172 Å². The normalized spacial score (nSPS) is 16.2. The van der Waals surface area contributed by atoms with Crippen molar-refractivity contribution in [3.05, 3.63) is 64.2 Å². The van der Waals surface area contributed by atoms with Gasteiger partial charge in [-0.05, 0) is 41.8 Å². The Kier molecular flexibility index (Phi) is 5.75. The van der Waals surface area contributed by atoms with Gasteiger partial charge < -0.3 is 10.0 Å². The van der Waals surface area contributed by atoms with E-state index >= 15 is 0 Å². The van der Waals surface area contributed by atoms with Crippen LogP contribution in [0.3, 0.4) is 0 Å². The van der Waals surface area contributed by atoms with Crippen LogP contribution in [0.15, 0.2) is 47.8 Å². The first kappa shape index (κ1) is 19.8. The van der Waals surface area contributed by atoms with Crippen molar-refractivity contribution in [2.75, 3.05) is 32.7 Å². The number of rotatable bonds is 5. The highest BCUT2D eigenvalue weighted by molar-refractivity contribution is 7.10. The van der Waals surface area contributed by atoms with Crippen molar-refractivity contribution in [3.63, 3.8) is 0 Å². The van der Waals surface area contributed by atoms with E-state index in [4.69, 9.17) is 0 Å². The van der Waals surface area contributed by atoms with Crippen molar-refractivity contribution in [1.29, 1.82) is 0 Å². The number of nitrogens with zero attached hydrogens (tertiary/aromatic N) is 4. The molecule has 0 spiro atoms. The molecule has 1 unspecified atom stereocenters. The van der Waals surface area contributed by atoms with Gasteiger partial charge in [-0.1, -0.05) is 6.07 Å². The van der Waals surface area contributed by atoms with Gasteiger partial charge in [0.05, 0.1) is 5.69 Å².